The largest absolute Gasteiger partial charge is 0.346 e. The Morgan fingerprint density at radius 3 is 2.69 bits per heavy atom. The van der Waals surface area contributed by atoms with Crippen molar-refractivity contribution in [2.75, 3.05) is 14.1 Å². The van der Waals surface area contributed by atoms with Crippen LogP contribution in [0.4, 0.5) is 0 Å². The van der Waals surface area contributed by atoms with Crippen LogP contribution in [0.3, 0.4) is 0 Å². The molecule has 150 valence electrons. The summed E-state index contributed by atoms with van der Waals surface area (Å²) in [5, 5.41) is 5.23. The molecule has 0 spiro atoms. The fraction of sp³-hybridized carbons (Fsp3) is 0.364. The molecule has 0 amide bonds. The summed E-state index contributed by atoms with van der Waals surface area (Å²) in [6.45, 7) is 5.89. The zero-order valence-corrected chi connectivity index (χ0v) is 17.4. The maximum Gasteiger partial charge on any atom is 0.223 e. The average molecular weight is 390 g/mol. The van der Waals surface area contributed by atoms with Gasteiger partial charge in [0.25, 0.3) is 0 Å². The fourth-order valence-corrected chi connectivity index (χ4v) is 3.51. The molecule has 0 aliphatic carbocycles. The standard InChI is InChI=1S/C22H26N6O/c1-5-6-9-28-14-17(13-27(3)4)18-11-20(24-12-21(18)28)19-10-16(7-8-23-19)22-25-15(2)29-26-22/h7-8,10-12,14H,5-6,9,13H2,1-4H3. The summed E-state index contributed by atoms with van der Waals surface area (Å²) < 4.78 is 7.43. The molecule has 0 saturated carbocycles. The van der Waals surface area contributed by atoms with Crippen LogP contribution in [0, 0.1) is 6.92 Å². The molecule has 0 unspecified atom stereocenters. The third-order valence-corrected chi connectivity index (χ3v) is 4.90. The predicted molar refractivity (Wildman–Crippen MR) is 113 cm³/mol. The fourth-order valence-electron chi connectivity index (χ4n) is 3.51. The lowest BCUT2D eigenvalue weighted by Crippen LogP contribution is -2.10. The highest BCUT2D eigenvalue weighted by molar-refractivity contribution is 5.86. The van der Waals surface area contributed by atoms with Crippen LogP contribution in [0.25, 0.3) is 33.7 Å². The SMILES string of the molecule is CCCCn1cc(CN(C)C)c2cc(-c3cc(-c4noc(C)n4)ccn3)ncc21. The highest BCUT2D eigenvalue weighted by atomic mass is 16.5. The van der Waals surface area contributed by atoms with Gasteiger partial charge in [0.05, 0.1) is 23.1 Å². The first kappa shape index (κ1) is 19.3. The molecular formula is C22H26N6O. The van der Waals surface area contributed by atoms with Crippen molar-refractivity contribution in [1.29, 1.82) is 0 Å². The summed E-state index contributed by atoms with van der Waals surface area (Å²) >= 11 is 0. The van der Waals surface area contributed by atoms with E-state index >= 15 is 0 Å². The first-order valence-electron chi connectivity index (χ1n) is 9.94. The molecule has 0 aromatic carbocycles. The number of hydrogen-bond acceptors (Lipinski definition) is 6. The van der Waals surface area contributed by atoms with Gasteiger partial charge in [0, 0.05) is 43.4 Å². The summed E-state index contributed by atoms with van der Waals surface area (Å²) in [4.78, 5) is 15.7. The lowest BCUT2D eigenvalue weighted by atomic mass is 10.1. The van der Waals surface area contributed by atoms with Crippen molar-refractivity contribution < 1.29 is 4.52 Å². The van der Waals surface area contributed by atoms with Crippen molar-refractivity contribution in [3.63, 3.8) is 0 Å². The lowest BCUT2D eigenvalue weighted by molar-refractivity contribution is 0.394. The molecule has 7 nitrogen and oxygen atoms in total. The number of nitrogens with zero attached hydrogens (tertiary/aromatic N) is 6. The quantitative estimate of drug-likeness (QED) is 0.468. The number of rotatable bonds is 7. The Bertz CT molecular complexity index is 1130. The number of aromatic nitrogens is 5. The van der Waals surface area contributed by atoms with Crippen LogP contribution >= 0.6 is 0 Å². The van der Waals surface area contributed by atoms with E-state index in [-0.39, 0.29) is 0 Å². The van der Waals surface area contributed by atoms with E-state index in [1.165, 1.54) is 22.9 Å². The van der Waals surface area contributed by atoms with Crippen molar-refractivity contribution in [3.05, 3.63) is 48.2 Å². The highest BCUT2D eigenvalue weighted by Gasteiger charge is 2.14. The first-order valence-corrected chi connectivity index (χ1v) is 9.94. The number of unbranched alkanes of at least 4 members (excludes halogenated alkanes) is 1. The summed E-state index contributed by atoms with van der Waals surface area (Å²) in [5.74, 6) is 1.10. The summed E-state index contributed by atoms with van der Waals surface area (Å²) in [6.07, 6.45) is 8.31. The minimum absolute atomic E-state index is 0.541. The van der Waals surface area contributed by atoms with Crippen molar-refractivity contribution in [3.8, 4) is 22.8 Å². The van der Waals surface area contributed by atoms with E-state index in [1.54, 1.807) is 13.1 Å². The minimum Gasteiger partial charge on any atom is -0.346 e. The van der Waals surface area contributed by atoms with Gasteiger partial charge in [-0.3, -0.25) is 9.97 Å². The van der Waals surface area contributed by atoms with Gasteiger partial charge in [-0.05, 0) is 44.3 Å². The Balaban J connectivity index is 1.76. The summed E-state index contributed by atoms with van der Waals surface area (Å²) in [6, 6.07) is 5.98. The third-order valence-electron chi connectivity index (χ3n) is 4.90. The van der Waals surface area contributed by atoms with E-state index in [4.69, 9.17) is 9.51 Å². The number of fused-ring (bicyclic) bond motifs is 1. The van der Waals surface area contributed by atoms with Crippen LogP contribution in [0.2, 0.25) is 0 Å². The molecule has 0 aliphatic heterocycles. The molecule has 4 heterocycles. The van der Waals surface area contributed by atoms with Crippen LogP contribution in [0.5, 0.6) is 0 Å². The average Bonchev–Trinajstić information content (AvgIpc) is 3.30. The smallest absolute Gasteiger partial charge is 0.223 e. The first-order chi connectivity index (χ1) is 14.0. The monoisotopic (exact) mass is 390 g/mol. The summed E-state index contributed by atoms with van der Waals surface area (Å²) in [7, 11) is 4.19. The minimum atomic E-state index is 0.541. The maximum atomic E-state index is 5.11. The topological polar surface area (TPSA) is 72.9 Å². The molecule has 0 fully saturated rings. The maximum absolute atomic E-state index is 5.11. The van der Waals surface area contributed by atoms with Crippen molar-refractivity contribution >= 4 is 10.9 Å². The molecular weight excluding hydrogens is 364 g/mol. The number of pyridine rings is 2. The molecule has 0 radical (unpaired) electrons. The molecule has 7 heteroatoms. The third kappa shape index (κ3) is 4.05. The van der Waals surface area contributed by atoms with E-state index < -0.39 is 0 Å². The molecule has 0 aliphatic rings. The van der Waals surface area contributed by atoms with Gasteiger partial charge in [-0.2, -0.15) is 4.98 Å². The van der Waals surface area contributed by atoms with E-state index in [9.17, 15) is 0 Å². The number of aryl methyl sites for hydroxylation is 2. The summed E-state index contributed by atoms with van der Waals surface area (Å²) in [5.41, 5.74) is 4.97. The van der Waals surface area contributed by atoms with Gasteiger partial charge >= 0.3 is 0 Å². The Morgan fingerprint density at radius 2 is 1.97 bits per heavy atom. The Hall–Kier alpha value is -3.06. The van der Waals surface area contributed by atoms with Crippen LogP contribution in [-0.2, 0) is 13.1 Å². The molecule has 0 atom stereocenters. The second kappa shape index (κ2) is 8.13. The van der Waals surface area contributed by atoms with Gasteiger partial charge < -0.3 is 14.0 Å². The van der Waals surface area contributed by atoms with E-state index in [1.807, 2.05) is 18.3 Å². The van der Waals surface area contributed by atoms with E-state index in [0.717, 1.165) is 36.5 Å². The zero-order chi connectivity index (χ0) is 20.4. The molecule has 4 aromatic rings. The Morgan fingerprint density at radius 1 is 1.14 bits per heavy atom. The Kier molecular flexibility index (Phi) is 5.40. The second-order valence-electron chi connectivity index (χ2n) is 7.59. The highest BCUT2D eigenvalue weighted by Crippen LogP contribution is 2.28. The molecule has 0 N–H and O–H groups in total. The van der Waals surface area contributed by atoms with Gasteiger partial charge in [-0.25, -0.2) is 0 Å². The van der Waals surface area contributed by atoms with Gasteiger partial charge in [-0.1, -0.05) is 18.5 Å². The zero-order valence-electron chi connectivity index (χ0n) is 17.4. The second-order valence-corrected chi connectivity index (χ2v) is 7.59. The molecule has 4 aromatic heterocycles. The van der Waals surface area contributed by atoms with E-state index in [0.29, 0.717) is 11.7 Å². The molecule has 4 rings (SSSR count). The lowest BCUT2D eigenvalue weighted by Gasteiger charge is -2.08. The molecule has 29 heavy (non-hydrogen) atoms. The molecule has 0 bridgehead atoms. The van der Waals surface area contributed by atoms with Gasteiger partial charge in [0.1, 0.15) is 0 Å². The van der Waals surface area contributed by atoms with E-state index in [2.05, 4.69) is 57.9 Å². The Labute approximate surface area is 170 Å². The van der Waals surface area contributed by atoms with Crippen molar-refractivity contribution in [1.82, 2.24) is 29.6 Å². The van der Waals surface area contributed by atoms with Crippen LogP contribution in [-0.4, -0.2) is 43.7 Å². The van der Waals surface area contributed by atoms with Gasteiger partial charge in [0.15, 0.2) is 0 Å². The van der Waals surface area contributed by atoms with Crippen LogP contribution in [0.1, 0.15) is 31.2 Å². The van der Waals surface area contributed by atoms with Crippen molar-refractivity contribution in [2.45, 2.75) is 39.8 Å². The number of hydrogen-bond donors (Lipinski definition) is 0. The predicted octanol–water partition coefficient (Wildman–Crippen LogP) is 4.32. The van der Waals surface area contributed by atoms with Gasteiger partial charge in [-0.15, -0.1) is 0 Å². The van der Waals surface area contributed by atoms with Crippen molar-refractivity contribution in [2.24, 2.45) is 0 Å². The van der Waals surface area contributed by atoms with Crippen LogP contribution < -0.4 is 0 Å². The van der Waals surface area contributed by atoms with Gasteiger partial charge in [0.2, 0.25) is 11.7 Å². The van der Waals surface area contributed by atoms with Crippen LogP contribution in [0.15, 0.2) is 41.3 Å². The molecule has 0 saturated heterocycles. The normalized spacial score (nSPS) is 11.6.